The van der Waals surface area contributed by atoms with Crippen molar-refractivity contribution in [2.45, 2.75) is 38.5 Å². The molecule has 2 N–H and O–H groups in total. The lowest BCUT2D eigenvalue weighted by Crippen LogP contribution is -2.31. The van der Waals surface area contributed by atoms with Crippen molar-refractivity contribution in [3.8, 4) is 5.75 Å². The van der Waals surface area contributed by atoms with E-state index >= 15 is 0 Å². The highest BCUT2D eigenvalue weighted by Crippen LogP contribution is 2.19. The van der Waals surface area contributed by atoms with E-state index in [1.54, 1.807) is 12.1 Å². The number of hydrogen-bond acceptors (Lipinski definition) is 4. The van der Waals surface area contributed by atoms with Crippen LogP contribution in [-0.2, 0) is 11.2 Å². The Bertz CT molecular complexity index is 1130. The molecule has 1 saturated heterocycles. The largest absolute Gasteiger partial charge is 0.494 e. The number of carbonyl (C=O) groups excluding carboxylic acids is 2. The molecule has 0 unspecified atom stereocenters. The van der Waals surface area contributed by atoms with Crippen molar-refractivity contribution in [3.63, 3.8) is 0 Å². The van der Waals surface area contributed by atoms with Crippen molar-refractivity contribution < 1.29 is 14.3 Å². The molecule has 0 aromatic heterocycles. The normalized spacial score (nSPS) is 13.5. The smallest absolute Gasteiger partial charge is 0.253 e. The fraction of sp³-hybridized carbons (Fsp3) is 0.333. The Morgan fingerprint density at radius 3 is 2.36 bits per heavy atom. The standard InChI is InChI=1S/C30H35N3O3/c34-29(32-27-16-8-14-25(21-27)30(35)33-18-6-1-2-7-19-33)23-31-26-15-9-17-28(22-26)36-20-10-13-24-11-4-3-5-12-24/h3-5,8-9,11-12,14-17,21-22,31H,1-2,6-7,10,13,18-20,23H2,(H,32,34). The van der Waals surface area contributed by atoms with Crippen LogP contribution in [-0.4, -0.2) is 43.0 Å². The molecule has 0 aliphatic carbocycles. The van der Waals surface area contributed by atoms with Gasteiger partial charge in [-0.2, -0.15) is 0 Å². The third-order valence-corrected chi connectivity index (χ3v) is 6.30. The van der Waals surface area contributed by atoms with E-state index in [0.29, 0.717) is 17.9 Å². The minimum Gasteiger partial charge on any atom is -0.494 e. The number of carbonyl (C=O) groups is 2. The number of likely N-dealkylation sites (tertiary alicyclic amines) is 1. The first-order valence-electron chi connectivity index (χ1n) is 12.9. The highest BCUT2D eigenvalue weighted by Gasteiger charge is 2.17. The van der Waals surface area contributed by atoms with Crippen LogP contribution in [0.4, 0.5) is 11.4 Å². The topological polar surface area (TPSA) is 70.7 Å². The molecule has 3 aromatic rings. The first-order valence-corrected chi connectivity index (χ1v) is 12.9. The summed E-state index contributed by atoms with van der Waals surface area (Å²) in [6.45, 7) is 2.34. The molecular formula is C30H35N3O3. The molecule has 3 aromatic carbocycles. The molecule has 2 amide bonds. The summed E-state index contributed by atoms with van der Waals surface area (Å²) in [5.41, 5.74) is 3.35. The Kier molecular flexibility index (Phi) is 9.37. The number of rotatable bonds is 10. The van der Waals surface area contributed by atoms with E-state index in [4.69, 9.17) is 4.74 Å². The van der Waals surface area contributed by atoms with Gasteiger partial charge >= 0.3 is 0 Å². The maximum atomic E-state index is 12.9. The monoisotopic (exact) mass is 485 g/mol. The number of anilines is 2. The lowest BCUT2D eigenvalue weighted by molar-refractivity contribution is -0.114. The van der Waals surface area contributed by atoms with Crippen LogP contribution in [0.2, 0.25) is 0 Å². The zero-order valence-corrected chi connectivity index (χ0v) is 20.7. The van der Waals surface area contributed by atoms with Crippen LogP contribution in [0.3, 0.4) is 0 Å². The molecule has 1 fully saturated rings. The Morgan fingerprint density at radius 2 is 1.56 bits per heavy atom. The molecule has 0 bridgehead atoms. The van der Waals surface area contributed by atoms with Gasteiger partial charge in [0.15, 0.2) is 0 Å². The van der Waals surface area contributed by atoms with Crippen LogP contribution in [0.15, 0.2) is 78.9 Å². The SMILES string of the molecule is O=C(CNc1cccc(OCCCc2ccccc2)c1)Nc1cccc(C(=O)N2CCCCCC2)c1. The van der Waals surface area contributed by atoms with Crippen molar-refractivity contribution in [2.75, 3.05) is 36.9 Å². The lowest BCUT2D eigenvalue weighted by atomic mass is 10.1. The van der Waals surface area contributed by atoms with E-state index in [2.05, 4.69) is 34.9 Å². The van der Waals surface area contributed by atoms with Crippen molar-refractivity contribution in [1.82, 2.24) is 4.90 Å². The number of ether oxygens (including phenoxy) is 1. The Balaban J connectivity index is 1.23. The van der Waals surface area contributed by atoms with Gasteiger partial charge in [0.05, 0.1) is 13.2 Å². The second-order valence-electron chi connectivity index (χ2n) is 9.15. The van der Waals surface area contributed by atoms with Crippen LogP contribution in [0.1, 0.15) is 48.0 Å². The minimum atomic E-state index is -0.177. The highest BCUT2D eigenvalue weighted by atomic mass is 16.5. The van der Waals surface area contributed by atoms with E-state index in [0.717, 1.165) is 50.2 Å². The van der Waals surface area contributed by atoms with Gasteiger partial charge in [-0.25, -0.2) is 0 Å². The first kappa shape index (κ1) is 25.3. The summed E-state index contributed by atoms with van der Waals surface area (Å²) in [6.07, 6.45) is 6.36. The second kappa shape index (κ2) is 13.3. The molecule has 0 spiro atoms. The second-order valence-corrected chi connectivity index (χ2v) is 9.15. The number of nitrogens with zero attached hydrogens (tertiary/aromatic N) is 1. The van der Waals surface area contributed by atoms with E-state index in [-0.39, 0.29) is 18.4 Å². The summed E-state index contributed by atoms with van der Waals surface area (Å²) in [7, 11) is 0. The molecule has 1 heterocycles. The van der Waals surface area contributed by atoms with Gasteiger partial charge in [0.1, 0.15) is 5.75 Å². The first-order chi connectivity index (χ1) is 17.7. The van der Waals surface area contributed by atoms with Gasteiger partial charge in [0, 0.05) is 36.1 Å². The third-order valence-electron chi connectivity index (χ3n) is 6.30. The Morgan fingerprint density at radius 1 is 0.806 bits per heavy atom. The summed E-state index contributed by atoms with van der Waals surface area (Å²) in [4.78, 5) is 27.4. The molecule has 36 heavy (non-hydrogen) atoms. The maximum absolute atomic E-state index is 12.9. The average molecular weight is 486 g/mol. The molecule has 0 atom stereocenters. The van der Waals surface area contributed by atoms with Crippen LogP contribution in [0.5, 0.6) is 5.75 Å². The van der Waals surface area contributed by atoms with Gasteiger partial charge in [-0.15, -0.1) is 0 Å². The zero-order valence-electron chi connectivity index (χ0n) is 20.7. The van der Waals surface area contributed by atoms with E-state index in [9.17, 15) is 9.59 Å². The molecule has 1 aliphatic heterocycles. The van der Waals surface area contributed by atoms with Crippen molar-refractivity contribution in [3.05, 3.63) is 90.0 Å². The van der Waals surface area contributed by atoms with Gasteiger partial charge in [-0.3, -0.25) is 9.59 Å². The number of amides is 2. The Hall–Kier alpha value is -3.80. The van der Waals surface area contributed by atoms with E-state index < -0.39 is 0 Å². The van der Waals surface area contributed by atoms with Crippen molar-refractivity contribution >= 4 is 23.2 Å². The summed E-state index contributed by atoms with van der Waals surface area (Å²) < 4.78 is 5.89. The van der Waals surface area contributed by atoms with E-state index in [1.165, 1.54) is 18.4 Å². The van der Waals surface area contributed by atoms with E-state index in [1.807, 2.05) is 47.4 Å². The lowest BCUT2D eigenvalue weighted by Gasteiger charge is -2.20. The molecule has 6 heteroatoms. The van der Waals surface area contributed by atoms with Gasteiger partial charge in [-0.05, 0) is 61.6 Å². The molecule has 188 valence electrons. The van der Waals surface area contributed by atoms with Crippen LogP contribution in [0, 0.1) is 0 Å². The fourth-order valence-corrected chi connectivity index (χ4v) is 4.38. The molecule has 6 nitrogen and oxygen atoms in total. The summed E-state index contributed by atoms with van der Waals surface area (Å²) in [5.74, 6) is 0.628. The quantitative estimate of drug-likeness (QED) is 0.358. The molecule has 0 radical (unpaired) electrons. The number of hydrogen-bond donors (Lipinski definition) is 2. The summed E-state index contributed by atoms with van der Waals surface area (Å²) in [6, 6.07) is 25.2. The van der Waals surface area contributed by atoms with Crippen molar-refractivity contribution in [1.29, 1.82) is 0 Å². The molecular weight excluding hydrogens is 450 g/mol. The number of nitrogens with one attached hydrogen (secondary N) is 2. The summed E-state index contributed by atoms with van der Waals surface area (Å²) in [5, 5.41) is 6.04. The molecule has 4 rings (SSSR count). The van der Waals surface area contributed by atoms with Gasteiger partial charge in [0.2, 0.25) is 5.91 Å². The zero-order chi connectivity index (χ0) is 25.0. The minimum absolute atomic E-state index is 0.0340. The van der Waals surface area contributed by atoms with Gasteiger partial charge < -0.3 is 20.3 Å². The fourth-order valence-electron chi connectivity index (χ4n) is 4.38. The predicted molar refractivity (Wildman–Crippen MR) is 145 cm³/mol. The van der Waals surface area contributed by atoms with Gasteiger partial charge in [-0.1, -0.05) is 55.3 Å². The van der Waals surface area contributed by atoms with Gasteiger partial charge in [0.25, 0.3) is 5.91 Å². The molecule has 1 aliphatic rings. The summed E-state index contributed by atoms with van der Waals surface area (Å²) >= 11 is 0. The maximum Gasteiger partial charge on any atom is 0.253 e. The third kappa shape index (κ3) is 7.87. The Labute approximate surface area is 213 Å². The van der Waals surface area contributed by atoms with Crippen LogP contribution in [0.25, 0.3) is 0 Å². The number of aryl methyl sites for hydroxylation is 1. The highest BCUT2D eigenvalue weighted by molar-refractivity contribution is 5.98. The molecule has 0 saturated carbocycles. The average Bonchev–Trinajstić information content (AvgIpc) is 3.20. The van der Waals surface area contributed by atoms with Crippen LogP contribution < -0.4 is 15.4 Å². The van der Waals surface area contributed by atoms with Crippen LogP contribution >= 0.6 is 0 Å². The van der Waals surface area contributed by atoms with Crippen molar-refractivity contribution in [2.24, 2.45) is 0 Å². The number of benzene rings is 3. The predicted octanol–water partition coefficient (Wildman–Crippen LogP) is 5.77.